The summed E-state index contributed by atoms with van der Waals surface area (Å²) in [6.07, 6.45) is -2.67. The van der Waals surface area contributed by atoms with E-state index in [2.05, 4.69) is 32.6 Å². The molecule has 7 atom stereocenters. The maximum Gasteiger partial charge on any atom is 0.490 e. The van der Waals surface area contributed by atoms with Gasteiger partial charge in [-0.3, -0.25) is 13.6 Å². The highest BCUT2D eigenvalue weighted by molar-refractivity contribution is 7.66. The fourth-order valence-electron chi connectivity index (χ4n) is 2.97. The summed E-state index contributed by atoms with van der Waals surface area (Å²) in [7, 11) is -16.1. The standard InChI is InChI=1S/C14H24N5O13P3/c1-2-3-4-28-33(22,23)31-35(26,27)32-34(24,25)29-5-8-10(20)11(21)14(30-8)19-7-18-9-12(15)16-6-17-13(9)19/h6-8,10-11,14,20-21H,2-5H2,1H3,(H,22,23)(H,24,25)(H,26,27)(H2,15,16,17). The molecule has 1 fully saturated rings. The number of nitrogen functional groups attached to an aromatic ring is 1. The summed E-state index contributed by atoms with van der Waals surface area (Å²) < 4.78 is 59.3. The van der Waals surface area contributed by atoms with E-state index in [-0.39, 0.29) is 23.6 Å². The molecule has 3 heterocycles. The van der Waals surface area contributed by atoms with Crippen LogP contribution < -0.4 is 5.73 Å². The summed E-state index contributed by atoms with van der Waals surface area (Å²) in [5.41, 5.74) is 6.07. The zero-order valence-electron chi connectivity index (χ0n) is 18.0. The van der Waals surface area contributed by atoms with Crippen molar-refractivity contribution in [3.05, 3.63) is 12.7 Å². The number of fused-ring (bicyclic) bond motifs is 1. The van der Waals surface area contributed by atoms with Crippen LogP contribution in [-0.2, 0) is 36.1 Å². The number of imidazole rings is 1. The van der Waals surface area contributed by atoms with Crippen molar-refractivity contribution in [3.8, 4) is 0 Å². The number of nitrogens with two attached hydrogens (primary N) is 1. The molecule has 1 aliphatic heterocycles. The number of hydrogen-bond acceptors (Lipinski definition) is 14. The van der Waals surface area contributed by atoms with Gasteiger partial charge in [0.25, 0.3) is 0 Å². The lowest BCUT2D eigenvalue weighted by molar-refractivity contribution is -0.0503. The summed E-state index contributed by atoms with van der Waals surface area (Å²) in [5, 5.41) is 20.6. The van der Waals surface area contributed by atoms with Gasteiger partial charge in [0.2, 0.25) is 0 Å². The first-order valence-corrected chi connectivity index (χ1v) is 14.4. The zero-order valence-corrected chi connectivity index (χ0v) is 20.7. The zero-order chi connectivity index (χ0) is 26.0. The van der Waals surface area contributed by atoms with Crippen molar-refractivity contribution in [2.45, 2.75) is 44.3 Å². The SMILES string of the molecule is CCCCOP(=O)(O)OP(=O)(O)OP(=O)(O)OCC1OC(n2cnc3c(N)ncnc32)C(O)C1O. The highest BCUT2D eigenvalue weighted by Crippen LogP contribution is 2.67. The molecule has 1 aliphatic rings. The Hall–Kier alpha value is -1.36. The summed E-state index contributed by atoms with van der Waals surface area (Å²) in [6, 6.07) is 0. The van der Waals surface area contributed by atoms with E-state index in [9.17, 15) is 38.6 Å². The third-order valence-electron chi connectivity index (χ3n) is 4.57. The Bertz CT molecular complexity index is 1180. The molecule has 0 aliphatic carbocycles. The van der Waals surface area contributed by atoms with Crippen molar-refractivity contribution in [3.63, 3.8) is 0 Å². The van der Waals surface area contributed by atoms with Crippen molar-refractivity contribution >= 4 is 40.4 Å². The number of phosphoric acid groups is 3. The molecule has 0 saturated carbocycles. The molecule has 3 rings (SSSR count). The van der Waals surface area contributed by atoms with Gasteiger partial charge in [0, 0.05) is 0 Å². The number of unbranched alkanes of at least 4 members (excludes halogenated alkanes) is 1. The van der Waals surface area contributed by atoms with Gasteiger partial charge in [-0.05, 0) is 6.42 Å². The number of nitrogens with zero attached hydrogens (tertiary/aromatic N) is 4. The summed E-state index contributed by atoms with van der Waals surface area (Å²) >= 11 is 0. The van der Waals surface area contributed by atoms with Gasteiger partial charge in [0.05, 0.1) is 19.5 Å². The molecule has 2 aromatic rings. The van der Waals surface area contributed by atoms with E-state index in [1.165, 1.54) is 10.9 Å². The quantitative estimate of drug-likeness (QED) is 0.149. The van der Waals surface area contributed by atoms with Gasteiger partial charge in [-0.15, -0.1) is 0 Å². The van der Waals surface area contributed by atoms with E-state index in [0.717, 1.165) is 6.33 Å². The number of aliphatic hydroxyl groups is 2. The summed E-state index contributed by atoms with van der Waals surface area (Å²) in [4.78, 5) is 40.5. The molecule has 198 valence electrons. The minimum Gasteiger partial charge on any atom is -0.387 e. The van der Waals surface area contributed by atoms with Crippen molar-refractivity contribution in [2.75, 3.05) is 18.9 Å². The van der Waals surface area contributed by atoms with Gasteiger partial charge >= 0.3 is 23.5 Å². The van der Waals surface area contributed by atoms with E-state index in [4.69, 9.17) is 10.5 Å². The molecule has 7 N–H and O–H groups in total. The molecular weight excluding hydrogens is 539 g/mol. The van der Waals surface area contributed by atoms with Crippen molar-refractivity contribution in [2.24, 2.45) is 0 Å². The van der Waals surface area contributed by atoms with Crippen LogP contribution in [0.25, 0.3) is 11.2 Å². The molecule has 21 heteroatoms. The topological polar surface area (TPSA) is 268 Å². The average molecular weight is 563 g/mol. The van der Waals surface area contributed by atoms with Crippen LogP contribution in [-0.4, -0.2) is 75.9 Å². The van der Waals surface area contributed by atoms with Gasteiger partial charge in [-0.1, -0.05) is 13.3 Å². The smallest absolute Gasteiger partial charge is 0.387 e. The third kappa shape index (κ3) is 7.11. The largest absolute Gasteiger partial charge is 0.490 e. The van der Waals surface area contributed by atoms with Crippen LogP contribution in [0.5, 0.6) is 0 Å². The Morgan fingerprint density at radius 2 is 1.69 bits per heavy atom. The Kier molecular flexibility index (Phi) is 8.82. The number of hydrogen-bond donors (Lipinski definition) is 6. The van der Waals surface area contributed by atoms with Crippen LogP contribution in [0.1, 0.15) is 26.0 Å². The lowest BCUT2D eigenvalue weighted by Gasteiger charge is -2.20. The second kappa shape index (κ2) is 10.9. The van der Waals surface area contributed by atoms with Gasteiger partial charge in [-0.2, -0.15) is 8.62 Å². The van der Waals surface area contributed by atoms with Crippen molar-refractivity contribution in [1.82, 2.24) is 19.5 Å². The minimum atomic E-state index is -5.62. The molecule has 0 spiro atoms. The Morgan fingerprint density at radius 3 is 2.34 bits per heavy atom. The van der Waals surface area contributed by atoms with Crippen molar-refractivity contribution in [1.29, 1.82) is 0 Å². The van der Waals surface area contributed by atoms with Crippen LogP contribution in [0.2, 0.25) is 0 Å². The molecule has 1 saturated heterocycles. The second-order valence-electron chi connectivity index (χ2n) is 7.18. The number of ether oxygens (including phenoxy) is 1. The Balaban J connectivity index is 1.62. The second-order valence-corrected chi connectivity index (χ2v) is 11.8. The fraction of sp³-hybridized carbons (Fsp3) is 0.643. The van der Waals surface area contributed by atoms with Gasteiger partial charge in [-0.25, -0.2) is 28.6 Å². The molecule has 0 radical (unpaired) electrons. The first-order chi connectivity index (χ1) is 16.3. The minimum absolute atomic E-state index is 0.0545. The molecule has 0 amide bonds. The highest BCUT2D eigenvalue weighted by atomic mass is 31.3. The van der Waals surface area contributed by atoms with Crippen LogP contribution in [0.3, 0.4) is 0 Å². The number of anilines is 1. The van der Waals surface area contributed by atoms with E-state index in [1.54, 1.807) is 6.92 Å². The molecule has 0 bridgehead atoms. The lowest BCUT2D eigenvalue weighted by atomic mass is 10.1. The van der Waals surface area contributed by atoms with E-state index in [0.29, 0.717) is 12.8 Å². The predicted molar refractivity (Wildman–Crippen MR) is 114 cm³/mol. The highest BCUT2D eigenvalue weighted by Gasteiger charge is 2.47. The molecule has 2 aromatic heterocycles. The molecule has 18 nitrogen and oxygen atoms in total. The maximum atomic E-state index is 12.1. The molecular formula is C14H24N5O13P3. The Labute approximate surface area is 197 Å². The van der Waals surface area contributed by atoms with Crippen LogP contribution in [0.4, 0.5) is 5.82 Å². The average Bonchev–Trinajstić information content (AvgIpc) is 3.27. The monoisotopic (exact) mass is 563 g/mol. The number of aliphatic hydroxyl groups excluding tert-OH is 2. The Morgan fingerprint density at radius 1 is 1.03 bits per heavy atom. The molecule has 7 unspecified atom stereocenters. The van der Waals surface area contributed by atoms with E-state index >= 15 is 0 Å². The first kappa shape index (κ1) is 28.2. The summed E-state index contributed by atoms with van der Waals surface area (Å²) in [5.74, 6) is 0.0545. The molecule has 35 heavy (non-hydrogen) atoms. The van der Waals surface area contributed by atoms with Crippen LogP contribution in [0, 0.1) is 0 Å². The van der Waals surface area contributed by atoms with Gasteiger partial charge < -0.3 is 35.4 Å². The van der Waals surface area contributed by atoms with Gasteiger partial charge in [0.1, 0.15) is 30.2 Å². The lowest BCUT2D eigenvalue weighted by Crippen LogP contribution is -2.33. The normalized spacial score (nSPS) is 27.9. The maximum absolute atomic E-state index is 12.1. The van der Waals surface area contributed by atoms with E-state index in [1.807, 2.05) is 0 Å². The van der Waals surface area contributed by atoms with E-state index < -0.39 is 54.6 Å². The fourth-order valence-corrected chi connectivity index (χ4v) is 6.51. The first-order valence-electron chi connectivity index (χ1n) is 9.90. The predicted octanol–water partition coefficient (Wildman–Crippen LogP) is 0.195. The van der Waals surface area contributed by atoms with Crippen LogP contribution in [0.15, 0.2) is 12.7 Å². The third-order valence-corrected chi connectivity index (χ3v) is 8.85. The van der Waals surface area contributed by atoms with Crippen molar-refractivity contribution < 1.29 is 61.0 Å². The van der Waals surface area contributed by atoms with Crippen LogP contribution >= 0.6 is 23.5 Å². The number of phosphoric ester groups is 2. The molecule has 0 aromatic carbocycles. The summed E-state index contributed by atoms with van der Waals surface area (Å²) in [6.45, 7) is 0.541. The van der Waals surface area contributed by atoms with Gasteiger partial charge in [0.15, 0.2) is 17.7 Å². The number of aromatic nitrogens is 4. The number of rotatable bonds is 12.